The number of nitrogens with zero attached hydrogens (tertiary/aromatic N) is 1. The minimum Gasteiger partial charge on any atom is -0.464 e. The Morgan fingerprint density at radius 3 is 2.61 bits per heavy atom. The van der Waals surface area contributed by atoms with Gasteiger partial charge in [0.25, 0.3) is 0 Å². The zero-order valence-electron chi connectivity index (χ0n) is 13.2. The maximum atomic E-state index is 12.5. The molecule has 0 aliphatic heterocycles. The highest BCUT2D eigenvalue weighted by Crippen LogP contribution is 2.32. The molecule has 1 fully saturated rings. The Hall–Kier alpha value is -0.700. The van der Waals surface area contributed by atoms with Gasteiger partial charge in [-0.1, -0.05) is 13.3 Å². The van der Waals surface area contributed by atoms with Crippen molar-refractivity contribution in [3.05, 3.63) is 19.8 Å². The summed E-state index contributed by atoms with van der Waals surface area (Å²) in [5.74, 6) is 0.642. The molecule has 7 heteroatoms. The number of halogens is 2. The predicted molar refractivity (Wildman–Crippen MR) is 100 cm³/mol. The van der Waals surface area contributed by atoms with Crippen LogP contribution in [0.2, 0.25) is 0 Å². The number of amides is 1. The molecule has 0 bridgehead atoms. The Balaban J connectivity index is 2.10. The van der Waals surface area contributed by atoms with Gasteiger partial charge in [0.2, 0.25) is 5.91 Å². The van der Waals surface area contributed by atoms with Gasteiger partial charge in [-0.15, -0.1) is 0 Å². The van der Waals surface area contributed by atoms with Crippen molar-refractivity contribution < 1.29 is 14.3 Å². The van der Waals surface area contributed by atoms with Crippen LogP contribution in [0.15, 0.2) is 10.5 Å². The highest BCUT2D eigenvalue weighted by atomic mass is 127. The fourth-order valence-corrected chi connectivity index (χ4v) is 4.32. The number of anilines is 1. The molecule has 5 nitrogen and oxygen atoms in total. The first-order valence-electron chi connectivity index (χ1n) is 7.71. The lowest BCUT2D eigenvalue weighted by Gasteiger charge is -2.26. The number of nitrogens with one attached hydrogen (secondary N) is 1. The maximum absolute atomic E-state index is 12.5. The largest absolute Gasteiger partial charge is 0.464 e. The van der Waals surface area contributed by atoms with E-state index in [1.54, 1.807) is 6.07 Å². The number of ether oxygens (including phenoxy) is 1. The molecule has 0 spiro atoms. The van der Waals surface area contributed by atoms with Crippen LogP contribution in [0.1, 0.15) is 49.5 Å². The van der Waals surface area contributed by atoms with Gasteiger partial charge in [-0.3, -0.25) is 4.79 Å². The van der Waals surface area contributed by atoms with E-state index < -0.39 is 5.97 Å². The second kappa shape index (κ2) is 8.41. The lowest BCUT2D eigenvalue weighted by molar-refractivity contribution is -0.121. The fraction of sp³-hybridized carbons (Fsp3) is 0.562. The van der Waals surface area contributed by atoms with E-state index in [1.165, 1.54) is 13.5 Å². The van der Waals surface area contributed by atoms with Gasteiger partial charge >= 0.3 is 5.97 Å². The predicted octanol–water partition coefficient (Wildman–Crippen LogP) is 4.39. The standard InChI is InChI=1S/C16H20BrIN2O3/c1-3-9-4-6-10(7-5-9)15(21)20-14-12(18)8-11(17)13(19-14)16(22)23-2/h8-10H,3-7H2,1-2H3,(H,19,20,21). The molecule has 126 valence electrons. The highest BCUT2D eigenvalue weighted by Gasteiger charge is 2.26. The van der Waals surface area contributed by atoms with Crippen molar-refractivity contribution >= 4 is 56.2 Å². The van der Waals surface area contributed by atoms with Gasteiger partial charge in [0.1, 0.15) is 5.82 Å². The third-order valence-electron chi connectivity index (χ3n) is 4.34. The van der Waals surface area contributed by atoms with Gasteiger partial charge in [0.05, 0.1) is 15.2 Å². The number of esters is 1. The molecule has 23 heavy (non-hydrogen) atoms. The van der Waals surface area contributed by atoms with E-state index in [2.05, 4.69) is 55.7 Å². The molecule has 1 saturated carbocycles. The molecule has 0 unspecified atom stereocenters. The van der Waals surface area contributed by atoms with Crippen LogP contribution in [0.25, 0.3) is 0 Å². The Morgan fingerprint density at radius 1 is 1.39 bits per heavy atom. The summed E-state index contributed by atoms with van der Waals surface area (Å²) in [5, 5.41) is 2.87. The normalized spacial score (nSPS) is 20.9. The smallest absolute Gasteiger partial charge is 0.357 e. The van der Waals surface area contributed by atoms with E-state index in [9.17, 15) is 9.59 Å². The zero-order valence-corrected chi connectivity index (χ0v) is 16.9. The second-order valence-electron chi connectivity index (χ2n) is 5.76. The molecule has 1 N–H and O–H groups in total. The van der Waals surface area contributed by atoms with Crippen LogP contribution in [0.3, 0.4) is 0 Å². The van der Waals surface area contributed by atoms with E-state index in [4.69, 9.17) is 4.74 Å². The van der Waals surface area contributed by atoms with E-state index in [0.29, 0.717) is 10.3 Å². The molecule has 0 radical (unpaired) electrons. The van der Waals surface area contributed by atoms with Gasteiger partial charge < -0.3 is 10.1 Å². The minimum absolute atomic E-state index is 0.0110. The number of hydrogen-bond donors (Lipinski definition) is 1. The van der Waals surface area contributed by atoms with Crippen LogP contribution >= 0.6 is 38.5 Å². The number of aromatic nitrogens is 1. The molecule has 1 aromatic rings. The topological polar surface area (TPSA) is 68.3 Å². The molecular weight excluding hydrogens is 475 g/mol. The molecule has 0 atom stereocenters. The van der Waals surface area contributed by atoms with E-state index in [1.807, 2.05) is 0 Å². The first-order chi connectivity index (χ1) is 11.0. The average molecular weight is 495 g/mol. The molecule has 1 aliphatic rings. The second-order valence-corrected chi connectivity index (χ2v) is 7.77. The molecular formula is C16H20BrIN2O3. The van der Waals surface area contributed by atoms with Crippen molar-refractivity contribution in [2.45, 2.75) is 39.0 Å². The molecule has 2 rings (SSSR count). The van der Waals surface area contributed by atoms with Crippen molar-refractivity contribution in [2.75, 3.05) is 12.4 Å². The summed E-state index contributed by atoms with van der Waals surface area (Å²) in [4.78, 5) is 28.4. The maximum Gasteiger partial charge on any atom is 0.357 e. The van der Waals surface area contributed by atoms with Crippen molar-refractivity contribution in [1.29, 1.82) is 0 Å². The monoisotopic (exact) mass is 494 g/mol. The SMILES string of the molecule is CCC1CCC(C(=O)Nc2nc(C(=O)OC)c(Br)cc2I)CC1. The zero-order chi connectivity index (χ0) is 17.0. The summed E-state index contributed by atoms with van der Waals surface area (Å²) >= 11 is 5.39. The molecule has 1 amide bonds. The first kappa shape index (κ1) is 18.6. The minimum atomic E-state index is -0.535. The summed E-state index contributed by atoms with van der Waals surface area (Å²) in [6.07, 6.45) is 5.23. The van der Waals surface area contributed by atoms with Gasteiger partial charge in [-0.2, -0.15) is 0 Å². The number of rotatable bonds is 4. The quantitative estimate of drug-likeness (QED) is 0.498. The lowest BCUT2D eigenvalue weighted by atomic mass is 9.80. The van der Waals surface area contributed by atoms with Crippen molar-refractivity contribution in [2.24, 2.45) is 11.8 Å². The molecule has 1 aromatic heterocycles. The van der Waals surface area contributed by atoms with Crippen LogP contribution in [0.4, 0.5) is 5.82 Å². The third kappa shape index (κ3) is 4.65. The fourth-order valence-electron chi connectivity index (χ4n) is 2.85. The molecule has 0 saturated heterocycles. The van der Waals surface area contributed by atoms with Crippen molar-refractivity contribution in [3.63, 3.8) is 0 Å². The third-order valence-corrected chi connectivity index (χ3v) is 5.77. The number of hydrogen-bond acceptors (Lipinski definition) is 4. The van der Waals surface area contributed by atoms with Gasteiger partial charge in [0.15, 0.2) is 5.69 Å². The first-order valence-corrected chi connectivity index (χ1v) is 9.58. The number of pyridine rings is 1. The van der Waals surface area contributed by atoms with Gasteiger partial charge in [-0.05, 0) is 76.2 Å². The average Bonchev–Trinajstić information content (AvgIpc) is 2.56. The van der Waals surface area contributed by atoms with Crippen molar-refractivity contribution in [3.8, 4) is 0 Å². The summed E-state index contributed by atoms with van der Waals surface area (Å²) < 4.78 is 6.04. The Labute approximate surface area is 158 Å². The van der Waals surface area contributed by atoms with Crippen LogP contribution in [0.5, 0.6) is 0 Å². The van der Waals surface area contributed by atoms with Crippen LogP contribution in [-0.2, 0) is 9.53 Å². The molecule has 1 heterocycles. The van der Waals surface area contributed by atoms with E-state index in [0.717, 1.165) is 35.2 Å². The lowest BCUT2D eigenvalue weighted by Crippen LogP contribution is -2.28. The van der Waals surface area contributed by atoms with Crippen LogP contribution < -0.4 is 5.32 Å². The van der Waals surface area contributed by atoms with E-state index in [-0.39, 0.29) is 17.5 Å². The summed E-state index contributed by atoms with van der Waals surface area (Å²) in [6.45, 7) is 2.20. The summed E-state index contributed by atoms with van der Waals surface area (Å²) in [5.41, 5.74) is 0.165. The number of carbonyl (C=O) groups excluding carboxylic acids is 2. The highest BCUT2D eigenvalue weighted by molar-refractivity contribution is 14.1. The Morgan fingerprint density at radius 2 is 2.04 bits per heavy atom. The van der Waals surface area contributed by atoms with Gasteiger partial charge in [-0.25, -0.2) is 9.78 Å². The van der Waals surface area contributed by atoms with Crippen molar-refractivity contribution in [1.82, 2.24) is 4.98 Å². The molecule has 1 aliphatic carbocycles. The Kier molecular flexibility index (Phi) is 6.82. The molecule has 0 aromatic carbocycles. The van der Waals surface area contributed by atoms with Crippen LogP contribution in [0, 0.1) is 15.4 Å². The summed E-state index contributed by atoms with van der Waals surface area (Å²) in [6, 6.07) is 1.75. The van der Waals surface area contributed by atoms with E-state index >= 15 is 0 Å². The Bertz CT molecular complexity index is 601. The van der Waals surface area contributed by atoms with Crippen LogP contribution in [-0.4, -0.2) is 24.0 Å². The summed E-state index contributed by atoms with van der Waals surface area (Å²) in [7, 11) is 1.30. The van der Waals surface area contributed by atoms with Gasteiger partial charge in [0, 0.05) is 5.92 Å². The number of methoxy groups -OCH3 is 1. The number of carbonyl (C=O) groups is 2.